The molecule has 0 saturated carbocycles. The zero-order chi connectivity index (χ0) is 14.8. The average Bonchev–Trinajstić information content (AvgIpc) is 2.29. The van der Waals surface area contributed by atoms with Crippen LogP contribution in [-0.2, 0) is 9.53 Å². The summed E-state index contributed by atoms with van der Waals surface area (Å²) in [6.07, 6.45) is -0.208. The lowest BCUT2D eigenvalue weighted by molar-refractivity contribution is -0.141. The van der Waals surface area contributed by atoms with Crippen molar-refractivity contribution in [2.75, 3.05) is 19.8 Å². The number of carbonyl (C=O) groups excluding carboxylic acids is 1. The summed E-state index contributed by atoms with van der Waals surface area (Å²) in [5.74, 6) is -0.711. The molecule has 0 aromatic carbocycles. The number of ether oxygens (including phenoxy) is 1. The van der Waals surface area contributed by atoms with E-state index < -0.39 is 24.1 Å². The van der Waals surface area contributed by atoms with Crippen LogP contribution in [0, 0.1) is 5.92 Å². The summed E-state index contributed by atoms with van der Waals surface area (Å²) in [5, 5.41) is 22.6. The lowest BCUT2D eigenvalue weighted by Crippen LogP contribution is -2.51. The summed E-state index contributed by atoms with van der Waals surface area (Å²) in [6.45, 7) is 6.78. The molecule has 0 saturated heterocycles. The molecule has 0 aliphatic rings. The summed E-state index contributed by atoms with van der Waals surface area (Å²) >= 11 is 0. The van der Waals surface area contributed by atoms with Crippen LogP contribution in [0.25, 0.3) is 0 Å². The highest BCUT2D eigenvalue weighted by Crippen LogP contribution is 1.98. The van der Waals surface area contributed by atoms with E-state index in [0.29, 0.717) is 19.1 Å². The van der Waals surface area contributed by atoms with E-state index in [1.807, 2.05) is 0 Å². The van der Waals surface area contributed by atoms with E-state index >= 15 is 0 Å². The van der Waals surface area contributed by atoms with E-state index in [1.54, 1.807) is 0 Å². The van der Waals surface area contributed by atoms with Crippen molar-refractivity contribution >= 4 is 12.0 Å². The Hall–Kier alpha value is -1.34. The van der Waals surface area contributed by atoms with Gasteiger partial charge >= 0.3 is 12.0 Å². The number of aliphatic hydroxyl groups is 1. The van der Waals surface area contributed by atoms with Crippen molar-refractivity contribution < 1.29 is 24.5 Å². The molecule has 7 nitrogen and oxygen atoms in total. The normalized spacial score (nSPS) is 13.9. The maximum Gasteiger partial charge on any atom is 0.328 e. The first kappa shape index (κ1) is 17.7. The Morgan fingerprint density at radius 1 is 1.21 bits per heavy atom. The molecule has 0 heterocycles. The molecule has 4 N–H and O–H groups in total. The Kier molecular flexibility index (Phi) is 8.90. The second kappa shape index (κ2) is 9.57. The van der Waals surface area contributed by atoms with Crippen LogP contribution in [0.4, 0.5) is 4.79 Å². The summed E-state index contributed by atoms with van der Waals surface area (Å²) < 4.78 is 5.29. The maximum absolute atomic E-state index is 11.4. The average molecular weight is 276 g/mol. The van der Waals surface area contributed by atoms with Gasteiger partial charge in [0.2, 0.25) is 0 Å². The van der Waals surface area contributed by atoms with Gasteiger partial charge in [-0.3, -0.25) is 0 Å². The highest BCUT2D eigenvalue weighted by atomic mass is 16.5. The molecule has 2 atom stereocenters. The van der Waals surface area contributed by atoms with Gasteiger partial charge in [-0.15, -0.1) is 0 Å². The van der Waals surface area contributed by atoms with Crippen LogP contribution in [0.3, 0.4) is 0 Å². The van der Waals surface area contributed by atoms with E-state index in [1.165, 1.54) is 6.92 Å². The summed E-state index contributed by atoms with van der Waals surface area (Å²) in [5.41, 5.74) is 0. The molecule has 2 amide bonds. The van der Waals surface area contributed by atoms with Crippen LogP contribution >= 0.6 is 0 Å². The number of hydrogen-bond acceptors (Lipinski definition) is 4. The molecule has 7 heteroatoms. The van der Waals surface area contributed by atoms with Gasteiger partial charge in [0.1, 0.15) is 0 Å². The predicted octanol–water partition coefficient (Wildman–Crippen LogP) is 0.182. The third-order valence-corrected chi connectivity index (χ3v) is 2.41. The number of nitrogens with one attached hydrogen (secondary N) is 2. The molecular weight excluding hydrogens is 252 g/mol. The number of urea groups is 1. The number of hydrogen-bond donors (Lipinski definition) is 4. The van der Waals surface area contributed by atoms with Crippen LogP contribution < -0.4 is 10.6 Å². The van der Waals surface area contributed by atoms with Crippen molar-refractivity contribution in [2.45, 2.75) is 39.3 Å². The first-order valence-electron chi connectivity index (χ1n) is 6.37. The van der Waals surface area contributed by atoms with Gasteiger partial charge < -0.3 is 25.6 Å². The van der Waals surface area contributed by atoms with Crippen molar-refractivity contribution in [3.63, 3.8) is 0 Å². The summed E-state index contributed by atoms with van der Waals surface area (Å²) in [4.78, 5) is 22.1. The molecule has 0 rings (SSSR count). The fraction of sp³-hybridized carbons (Fsp3) is 0.833. The minimum Gasteiger partial charge on any atom is -0.480 e. The highest BCUT2D eigenvalue weighted by molar-refractivity contribution is 5.82. The SMILES string of the molecule is CC(C)CCOCCNC(=O)N[C@H](C(=O)O)[C@@H](C)O. The third-order valence-electron chi connectivity index (χ3n) is 2.41. The number of carboxylic acids is 1. The van der Waals surface area contributed by atoms with Gasteiger partial charge in [0.25, 0.3) is 0 Å². The van der Waals surface area contributed by atoms with Crippen molar-refractivity contribution in [3.8, 4) is 0 Å². The number of carboxylic acid groups (broad SMARTS) is 1. The van der Waals surface area contributed by atoms with E-state index in [-0.39, 0.29) is 6.54 Å². The highest BCUT2D eigenvalue weighted by Gasteiger charge is 2.24. The molecule has 0 unspecified atom stereocenters. The molecule has 0 spiro atoms. The van der Waals surface area contributed by atoms with E-state index in [4.69, 9.17) is 9.84 Å². The van der Waals surface area contributed by atoms with Gasteiger partial charge in [0.05, 0.1) is 12.7 Å². The Labute approximate surface area is 113 Å². The van der Waals surface area contributed by atoms with Gasteiger partial charge in [-0.2, -0.15) is 0 Å². The first-order valence-corrected chi connectivity index (χ1v) is 6.37. The molecular formula is C12H24N2O5. The fourth-order valence-corrected chi connectivity index (χ4v) is 1.24. The van der Waals surface area contributed by atoms with E-state index in [9.17, 15) is 14.7 Å². The van der Waals surface area contributed by atoms with Crippen LogP contribution in [-0.4, -0.2) is 54.1 Å². The second-order valence-corrected chi connectivity index (χ2v) is 4.75. The van der Waals surface area contributed by atoms with Crippen LogP contribution in [0.1, 0.15) is 27.2 Å². The number of amides is 2. The van der Waals surface area contributed by atoms with Crippen LogP contribution in [0.15, 0.2) is 0 Å². The topological polar surface area (TPSA) is 108 Å². The predicted molar refractivity (Wildman–Crippen MR) is 69.9 cm³/mol. The molecule has 0 aromatic heterocycles. The second-order valence-electron chi connectivity index (χ2n) is 4.75. The first-order chi connectivity index (χ1) is 8.84. The summed E-state index contributed by atoms with van der Waals surface area (Å²) in [7, 11) is 0. The Bertz CT molecular complexity index is 281. The molecule has 19 heavy (non-hydrogen) atoms. The van der Waals surface area contributed by atoms with E-state index in [0.717, 1.165) is 6.42 Å². The lowest BCUT2D eigenvalue weighted by Gasteiger charge is -2.17. The molecule has 112 valence electrons. The molecule has 0 aromatic rings. The Morgan fingerprint density at radius 2 is 1.84 bits per heavy atom. The fourth-order valence-electron chi connectivity index (χ4n) is 1.24. The smallest absolute Gasteiger partial charge is 0.328 e. The van der Waals surface area contributed by atoms with Crippen molar-refractivity contribution in [2.24, 2.45) is 5.92 Å². The number of rotatable bonds is 9. The standard InChI is InChI=1S/C12H24N2O5/c1-8(2)4-6-19-7-5-13-12(18)14-10(9(3)15)11(16)17/h8-10,15H,4-7H2,1-3H3,(H,16,17)(H2,13,14,18)/t9-,10+/m1/s1. The minimum atomic E-state index is -1.32. The quantitative estimate of drug-likeness (QED) is 0.449. The number of aliphatic hydroxyl groups excluding tert-OH is 1. The molecule has 0 fully saturated rings. The monoisotopic (exact) mass is 276 g/mol. The maximum atomic E-state index is 11.4. The van der Waals surface area contributed by atoms with Crippen LogP contribution in [0.5, 0.6) is 0 Å². The van der Waals surface area contributed by atoms with Gasteiger partial charge in [0, 0.05) is 13.2 Å². The Balaban J connectivity index is 3.72. The molecule has 0 bridgehead atoms. The lowest BCUT2D eigenvalue weighted by atomic mass is 10.1. The zero-order valence-electron chi connectivity index (χ0n) is 11.7. The van der Waals surface area contributed by atoms with E-state index in [2.05, 4.69) is 24.5 Å². The van der Waals surface area contributed by atoms with Crippen LogP contribution in [0.2, 0.25) is 0 Å². The molecule has 0 radical (unpaired) electrons. The molecule has 0 aliphatic heterocycles. The van der Waals surface area contributed by atoms with Gasteiger partial charge in [-0.05, 0) is 19.3 Å². The van der Waals surface area contributed by atoms with Crippen molar-refractivity contribution in [3.05, 3.63) is 0 Å². The van der Waals surface area contributed by atoms with Gasteiger partial charge in [-0.25, -0.2) is 9.59 Å². The summed E-state index contributed by atoms with van der Waals surface area (Å²) in [6, 6.07) is -1.96. The number of carbonyl (C=O) groups is 2. The van der Waals surface area contributed by atoms with Crippen molar-refractivity contribution in [1.29, 1.82) is 0 Å². The Morgan fingerprint density at radius 3 is 2.32 bits per heavy atom. The zero-order valence-corrected chi connectivity index (χ0v) is 11.7. The van der Waals surface area contributed by atoms with Gasteiger partial charge in [-0.1, -0.05) is 13.8 Å². The third kappa shape index (κ3) is 9.26. The number of aliphatic carboxylic acids is 1. The van der Waals surface area contributed by atoms with Crippen molar-refractivity contribution in [1.82, 2.24) is 10.6 Å². The largest absolute Gasteiger partial charge is 0.480 e. The minimum absolute atomic E-state index is 0.288. The van der Waals surface area contributed by atoms with Gasteiger partial charge in [0.15, 0.2) is 6.04 Å². The molecule has 0 aliphatic carbocycles.